The molecule has 0 radical (unpaired) electrons. The molecule has 11 heteroatoms. The monoisotopic (exact) mass is 336 g/mol. The van der Waals surface area contributed by atoms with E-state index in [0.29, 0.717) is 0 Å². The number of hydrogen-bond donors (Lipinski definition) is 5. The van der Waals surface area contributed by atoms with Gasteiger partial charge in [-0.05, 0) is 19.1 Å². The highest BCUT2D eigenvalue weighted by molar-refractivity contribution is 5.99. The summed E-state index contributed by atoms with van der Waals surface area (Å²) in [7, 11) is 0. The van der Waals surface area contributed by atoms with Crippen LogP contribution in [-0.2, 0) is 4.74 Å². The van der Waals surface area contributed by atoms with Gasteiger partial charge in [-0.1, -0.05) is 0 Å². The molecule has 0 saturated heterocycles. The molecule has 7 N–H and O–H groups in total. The van der Waals surface area contributed by atoms with Gasteiger partial charge in [-0.3, -0.25) is 0 Å². The summed E-state index contributed by atoms with van der Waals surface area (Å²) in [6.45, 7) is 1.79. The van der Waals surface area contributed by atoms with Crippen molar-refractivity contribution in [2.45, 2.75) is 6.92 Å². The molecule has 0 bridgehead atoms. The van der Waals surface area contributed by atoms with Crippen LogP contribution in [-0.4, -0.2) is 42.2 Å². The lowest BCUT2D eigenvalue weighted by Crippen LogP contribution is -2.24. The fourth-order valence-corrected chi connectivity index (χ4v) is 1.54. The number of nitrogens with one attached hydrogen (secondary N) is 2. The summed E-state index contributed by atoms with van der Waals surface area (Å²) in [6.07, 6.45) is 2.14. The summed E-state index contributed by atoms with van der Waals surface area (Å²) in [6, 6.07) is 0.774. The van der Waals surface area contributed by atoms with Crippen molar-refractivity contribution in [2.75, 3.05) is 6.61 Å². The van der Waals surface area contributed by atoms with E-state index in [9.17, 15) is 19.5 Å². The molecule has 4 amide bonds. The fourth-order valence-electron chi connectivity index (χ4n) is 1.54. The van der Waals surface area contributed by atoms with Crippen molar-refractivity contribution in [2.24, 2.45) is 21.7 Å². The number of carbonyl (C=O) groups is 3. The molecule has 11 nitrogen and oxygen atoms in total. The van der Waals surface area contributed by atoms with Gasteiger partial charge in [-0.15, -0.1) is 0 Å². The third-order valence-electron chi connectivity index (χ3n) is 2.44. The van der Waals surface area contributed by atoms with Crippen molar-refractivity contribution in [3.63, 3.8) is 0 Å². The lowest BCUT2D eigenvalue weighted by Gasteiger charge is -2.08. The summed E-state index contributed by atoms with van der Waals surface area (Å²) >= 11 is 0. The number of nitrogens with two attached hydrogens (primary N) is 2. The zero-order chi connectivity index (χ0) is 18.1. The molecule has 0 saturated carbocycles. The molecular formula is C13H16N6O5. The third-order valence-corrected chi connectivity index (χ3v) is 2.44. The Morgan fingerprint density at radius 1 is 1.12 bits per heavy atom. The molecule has 0 unspecified atom stereocenters. The summed E-state index contributed by atoms with van der Waals surface area (Å²) in [5.41, 5.74) is 13.9. The van der Waals surface area contributed by atoms with Gasteiger partial charge in [0.2, 0.25) is 0 Å². The van der Waals surface area contributed by atoms with Crippen LogP contribution < -0.4 is 22.3 Å². The van der Waals surface area contributed by atoms with Crippen LogP contribution in [0.1, 0.15) is 28.4 Å². The number of primary amides is 2. The molecule has 0 aliphatic carbocycles. The number of aromatic hydroxyl groups is 1. The van der Waals surface area contributed by atoms with E-state index < -0.39 is 18.0 Å². The zero-order valence-electron chi connectivity index (χ0n) is 12.6. The van der Waals surface area contributed by atoms with Crippen molar-refractivity contribution in [1.29, 1.82) is 0 Å². The molecule has 0 heterocycles. The van der Waals surface area contributed by atoms with Gasteiger partial charge in [0.25, 0.3) is 0 Å². The van der Waals surface area contributed by atoms with E-state index in [-0.39, 0.29) is 29.0 Å². The predicted molar refractivity (Wildman–Crippen MR) is 84.7 cm³/mol. The van der Waals surface area contributed by atoms with Gasteiger partial charge in [-0.2, -0.15) is 10.2 Å². The van der Waals surface area contributed by atoms with Gasteiger partial charge in [-0.25, -0.2) is 25.2 Å². The number of carbonyl (C=O) groups excluding carboxylic acids is 3. The molecule has 1 aromatic carbocycles. The lowest BCUT2D eigenvalue weighted by molar-refractivity contribution is 0.0526. The van der Waals surface area contributed by atoms with Crippen LogP contribution in [0.2, 0.25) is 0 Å². The number of phenolic OH excluding ortho intramolecular Hbond substituents is 1. The van der Waals surface area contributed by atoms with Gasteiger partial charge in [0.15, 0.2) is 0 Å². The molecular weight excluding hydrogens is 320 g/mol. The lowest BCUT2D eigenvalue weighted by atomic mass is 10.0. The van der Waals surface area contributed by atoms with Crippen LogP contribution in [0.5, 0.6) is 5.75 Å². The second-order valence-corrected chi connectivity index (χ2v) is 4.19. The quantitative estimate of drug-likeness (QED) is 0.268. The number of hydrazone groups is 2. The SMILES string of the molecule is CCOC(=O)c1cc(/C=N/NC(N)=O)c(O)c(/C=N/NC(N)=O)c1. The topological polar surface area (TPSA) is 181 Å². The standard InChI is InChI=1S/C13H16N6O5/c1-2-24-11(21)7-3-8(5-16-18-12(14)22)10(20)9(4-7)6-17-19-13(15)23/h3-6,20H,2H2,1H3,(H3,14,18,22)(H3,15,19,23)/b16-5+,17-6+. The smallest absolute Gasteiger partial charge is 0.338 e. The van der Waals surface area contributed by atoms with E-state index in [1.165, 1.54) is 12.1 Å². The Morgan fingerprint density at radius 3 is 1.96 bits per heavy atom. The number of hydrogen-bond acceptors (Lipinski definition) is 7. The highest BCUT2D eigenvalue weighted by Gasteiger charge is 2.13. The van der Waals surface area contributed by atoms with Gasteiger partial charge in [0, 0.05) is 11.1 Å². The Bertz CT molecular complexity index is 653. The van der Waals surface area contributed by atoms with Crippen LogP contribution in [0.3, 0.4) is 0 Å². The Labute approximate surface area is 136 Å². The first-order valence-electron chi connectivity index (χ1n) is 6.56. The Morgan fingerprint density at radius 2 is 1.58 bits per heavy atom. The minimum atomic E-state index is -0.903. The van der Waals surface area contributed by atoms with Crippen molar-refractivity contribution in [3.8, 4) is 5.75 Å². The fraction of sp³-hybridized carbons (Fsp3) is 0.154. The zero-order valence-corrected chi connectivity index (χ0v) is 12.6. The highest BCUT2D eigenvalue weighted by Crippen LogP contribution is 2.22. The maximum atomic E-state index is 11.9. The second kappa shape index (κ2) is 8.73. The predicted octanol–water partition coefficient (Wildman–Crippen LogP) is -0.427. The van der Waals surface area contributed by atoms with Gasteiger partial charge >= 0.3 is 18.0 Å². The summed E-state index contributed by atoms with van der Waals surface area (Å²) in [5.74, 6) is -0.958. The highest BCUT2D eigenvalue weighted by atomic mass is 16.5. The number of amides is 4. The number of esters is 1. The van der Waals surface area contributed by atoms with Crippen LogP contribution in [0.4, 0.5) is 9.59 Å². The molecule has 128 valence electrons. The van der Waals surface area contributed by atoms with E-state index >= 15 is 0 Å². The average Bonchev–Trinajstić information content (AvgIpc) is 2.49. The number of urea groups is 2. The van der Waals surface area contributed by atoms with Gasteiger partial charge < -0.3 is 21.3 Å². The van der Waals surface area contributed by atoms with Crippen molar-refractivity contribution < 1.29 is 24.2 Å². The summed E-state index contributed by atoms with van der Waals surface area (Å²) in [5, 5.41) is 17.1. The molecule has 0 spiro atoms. The maximum Gasteiger partial charge on any atom is 0.338 e. The summed E-state index contributed by atoms with van der Waals surface area (Å²) < 4.78 is 4.87. The average molecular weight is 336 g/mol. The Kier molecular flexibility index (Phi) is 6.70. The minimum Gasteiger partial charge on any atom is -0.507 e. The first-order chi connectivity index (χ1) is 11.3. The molecule has 0 aliphatic heterocycles. The molecule has 0 aliphatic rings. The van der Waals surface area contributed by atoms with E-state index in [4.69, 9.17) is 16.2 Å². The van der Waals surface area contributed by atoms with Crippen LogP contribution in [0, 0.1) is 0 Å². The number of rotatable bonds is 6. The molecule has 0 fully saturated rings. The second-order valence-electron chi connectivity index (χ2n) is 4.19. The van der Waals surface area contributed by atoms with Crippen LogP contribution in [0.25, 0.3) is 0 Å². The van der Waals surface area contributed by atoms with Crippen LogP contribution >= 0.6 is 0 Å². The van der Waals surface area contributed by atoms with E-state index in [1.807, 2.05) is 10.9 Å². The third kappa shape index (κ3) is 5.63. The number of ether oxygens (including phenoxy) is 1. The molecule has 0 atom stereocenters. The van der Waals surface area contributed by atoms with Gasteiger partial charge in [0.1, 0.15) is 5.75 Å². The minimum absolute atomic E-state index is 0.0785. The Hall–Kier alpha value is -3.63. The largest absolute Gasteiger partial charge is 0.507 e. The number of nitrogens with zero attached hydrogens (tertiary/aromatic N) is 2. The molecule has 0 aromatic heterocycles. The maximum absolute atomic E-state index is 11.9. The van der Waals surface area contributed by atoms with Crippen molar-refractivity contribution >= 4 is 30.5 Å². The van der Waals surface area contributed by atoms with Crippen LogP contribution in [0.15, 0.2) is 22.3 Å². The number of phenols is 1. The van der Waals surface area contributed by atoms with E-state index in [2.05, 4.69) is 10.2 Å². The normalized spacial score (nSPS) is 10.7. The Balaban J connectivity index is 3.24. The first kappa shape index (κ1) is 18.4. The van der Waals surface area contributed by atoms with Crippen molar-refractivity contribution in [3.05, 3.63) is 28.8 Å². The van der Waals surface area contributed by atoms with Crippen molar-refractivity contribution in [1.82, 2.24) is 10.9 Å². The van der Waals surface area contributed by atoms with Gasteiger partial charge in [0.05, 0.1) is 24.6 Å². The molecule has 1 rings (SSSR count). The molecule has 24 heavy (non-hydrogen) atoms. The summed E-state index contributed by atoms with van der Waals surface area (Å²) in [4.78, 5) is 33.0. The van der Waals surface area contributed by atoms with E-state index in [1.54, 1.807) is 6.92 Å². The molecule has 1 aromatic rings. The first-order valence-corrected chi connectivity index (χ1v) is 6.56. The number of benzene rings is 1. The van der Waals surface area contributed by atoms with E-state index in [0.717, 1.165) is 12.4 Å².